The molecular formula is C15H28N2O3. The molecule has 1 aliphatic rings. The van der Waals surface area contributed by atoms with E-state index in [4.69, 9.17) is 4.74 Å². The summed E-state index contributed by atoms with van der Waals surface area (Å²) in [6.45, 7) is 12.6. The van der Waals surface area contributed by atoms with Gasteiger partial charge in [-0.2, -0.15) is 0 Å². The molecule has 0 unspecified atom stereocenters. The number of ether oxygens (including phenoxy) is 1. The lowest BCUT2D eigenvalue weighted by molar-refractivity contribution is -0.133. The minimum atomic E-state index is -0.479. The van der Waals surface area contributed by atoms with Crippen molar-refractivity contribution in [2.45, 2.75) is 66.0 Å². The van der Waals surface area contributed by atoms with Crippen LogP contribution >= 0.6 is 0 Å². The van der Waals surface area contributed by atoms with Gasteiger partial charge < -0.3 is 15.0 Å². The van der Waals surface area contributed by atoms with Crippen molar-refractivity contribution in [3.8, 4) is 0 Å². The lowest BCUT2D eigenvalue weighted by Crippen LogP contribution is -2.50. The molecule has 116 valence electrons. The van der Waals surface area contributed by atoms with Crippen LogP contribution in [0.5, 0.6) is 0 Å². The summed E-state index contributed by atoms with van der Waals surface area (Å²) in [6.07, 6.45) is 1.05. The van der Waals surface area contributed by atoms with Gasteiger partial charge in [0.15, 0.2) is 0 Å². The number of hydrogen-bond acceptors (Lipinski definition) is 3. The number of piperidine rings is 1. The molecule has 5 nitrogen and oxygen atoms in total. The van der Waals surface area contributed by atoms with Gasteiger partial charge in [-0.25, -0.2) is 4.79 Å². The predicted molar refractivity (Wildman–Crippen MR) is 78.4 cm³/mol. The molecule has 5 heteroatoms. The maximum atomic E-state index is 12.2. The largest absolute Gasteiger partial charge is 0.444 e. The number of carbonyl (C=O) groups is 2. The van der Waals surface area contributed by atoms with E-state index >= 15 is 0 Å². The lowest BCUT2D eigenvalue weighted by atomic mass is 9.79. The first kappa shape index (κ1) is 16.8. The summed E-state index contributed by atoms with van der Waals surface area (Å²) < 4.78 is 5.36. The van der Waals surface area contributed by atoms with E-state index in [1.807, 2.05) is 41.5 Å². The summed E-state index contributed by atoms with van der Waals surface area (Å²) in [5, 5.41) is 2.96. The Morgan fingerprint density at radius 1 is 1.20 bits per heavy atom. The van der Waals surface area contributed by atoms with Gasteiger partial charge in [0, 0.05) is 24.5 Å². The third-order valence-corrected chi connectivity index (χ3v) is 3.49. The van der Waals surface area contributed by atoms with E-state index in [0.29, 0.717) is 25.9 Å². The van der Waals surface area contributed by atoms with Crippen molar-refractivity contribution in [2.75, 3.05) is 13.1 Å². The van der Waals surface area contributed by atoms with E-state index in [1.165, 1.54) is 0 Å². The Bertz CT molecular complexity index is 364. The summed E-state index contributed by atoms with van der Waals surface area (Å²) >= 11 is 0. The molecule has 1 aliphatic heterocycles. The van der Waals surface area contributed by atoms with Crippen molar-refractivity contribution in [1.29, 1.82) is 0 Å². The molecule has 20 heavy (non-hydrogen) atoms. The van der Waals surface area contributed by atoms with Crippen LogP contribution in [-0.4, -0.2) is 41.6 Å². The summed E-state index contributed by atoms with van der Waals surface area (Å²) in [5.41, 5.74) is -0.865. The molecular weight excluding hydrogens is 256 g/mol. The third-order valence-electron chi connectivity index (χ3n) is 3.49. The molecule has 2 amide bonds. The molecule has 1 rings (SSSR count). The Labute approximate surface area is 122 Å². The highest BCUT2D eigenvalue weighted by Gasteiger charge is 2.39. The zero-order valence-electron chi connectivity index (χ0n) is 13.6. The number of carbonyl (C=O) groups excluding carboxylic acids is 2. The highest BCUT2D eigenvalue weighted by molar-refractivity contribution is 5.82. The van der Waals surface area contributed by atoms with Crippen LogP contribution in [-0.2, 0) is 9.53 Å². The number of rotatable bonds is 2. The van der Waals surface area contributed by atoms with Crippen LogP contribution in [0.2, 0.25) is 0 Å². The molecule has 0 bridgehead atoms. The lowest BCUT2D eigenvalue weighted by Gasteiger charge is -2.39. The standard InChI is InChI=1S/C15H28N2O3/c1-11(2)16-12(18)15(6)7-9-17(10-8-15)13(19)20-14(3,4)5/h11H,7-10H2,1-6H3,(H,16,18). The molecule has 1 saturated heterocycles. The predicted octanol–water partition coefficient (Wildman–Crippen LogP) is 2.55. The topological polar surface area (TPSA) is 58.6 Å². The fourth-order valence-electron chi connectivity index (χ4n) is 2.17. The zero-order valence-corrected chi connectivity index (χ0v) is 13.6. The minimum absolute atomic E-state index is 0.0799. The Morgan fingerprint density at radius 3 is 2.10 bits per heavy atom. The van der Waals surface area contributed by atoms with Gasteiger partial charge in [0.25, 0.3) is 0 Å². The van der Waals surface area contributed by atoms with Crippen LogP contribution in [0.25, 0.3) is 0 Å². The number of hydrogen-bond donors (Lipinski definition) is 1. The average molecular weight is 284 g/mol. The second kappa shape index (κ2) is 6.02. The van der Waals surface area contributed by atoms with Crippen LogP contribution in [0.4, 0.5) is 4.79 Å². The van der Waals surface area contributed by atoms with E-state index in [9.17, 15) is 9.59 Å². The first-order chi connectivity index (χ1) is 9.03. The quantitative estimate of drug-likeness (QED) is 0.847. The van der Waals surface area contributed by atoms with Gasteiger partial charge >= 0.3 is 6.09 Å². The van der Waals surface area contributed by atoms with Crippen LogP contribution < -0.4 is 5.32 Å². The number of likely N-dealkylation sites (tertiary alicyclic amines) is 1. The Morgan fingerprint density at radius 2 is 1.70 bits per heavy atom. The molecule has 0 atom stereocenters. The fourth-order valence-corrected chi connectivity index (χ4v) is 2.17. The van der Waals surface area contributed by atoms with Crippen LogP contribution in [0.3, 0.4) is 0 Å². The Balaban J connectivity index is 2.54. The summed E-state index contributed by atoms with van der Waals surface area (Å²) in [5.74, 6) is 0.0799. The van der Waals surface area contributed by atoms with E-state index < -0.39 is 5.60 Å². The summed E-state index contributed by atoms with van der Waals surface area (Å²) in [4.78, 5) is 25.9. The maximum Gasteiger partial charge on any atom is 0.410 e. The first-order valence-corrected chi connectivity index (χ1v) is 7.32. The first-order valence-electron chi connectivity index (χ1n) is 7.32. The minimum Gasteiger partial charge on any atom is -0.444 e. The van der Waals surface area contributed by atoms with Crippen molar-refractivity contribution in [2.24, 2.45) is 5.41 Å². The summed E-state index contributed by atoms with van der Waals surface area (Å²) in [6, 6.07) is 0.142. The van der Waals surface area contributed by atoms with Gasteiger partial charge in [0.1, 0.15) is 5.60 Å². The monoisotopic (exact) mass is 284 g/mol. The maximum absolute atomic E-state index is 12.2. The molecule has 1 N–H and O–H groups in total. The molecule has 0 spiro atoms. The van der Waals surface area contributed by atoms with Crippen LogP contribution in [0, 0.1) is 5.41 Å². The van der Waals surface area contributed by atoms with Crippen molar-refractivity contribution in [3.05, 3.63) is 0 Å². The normalized spacial score (nSPS) is 18.9. The smallest absolute Gasteiger partial charge is 0.410 e. The van der Waals surface area contributed by atoms with Gasteiger partial charge in [-0.05, 0) is 47.5 Å². The van der Waals surface area contributed by atoms with Gasteiger partial charge in [-0.3, -0.25) is 4.79 Å². The zero-order chi connectivity index (χ0) is 15.6. The van der Waals surface area contributed by atoms with E-state index in [2.05, 4.69) is 5.32 Å². The highest BCUT2D eigenvalue weighted by atomic mass is 16.6. The molecule has 0 aromatic carbocycles. The molecule has 0 aliphatic carbocycles. The van der Waals surface area contributed by atoms with E-state index in [1.54, 1.807) is 4.90 Å². The van der Waals surface area contributed by atoms with Crippen LogP contribution in [0.1, 0.15) is 54.4 Å². The third kappa shape index (κ3) is 4.69. The molecule has 0 aromatic heterocycles. The second-order valence-corrected chi connectivity index (χ2v) is 7.16. The van der Waals surface area contributed by atoms with Gasteiger partial charge in [-0.15, -0.1) is 0 Å². The highest BCUT2D eigenvalue weighted by Crippen LogP contribution is 2.31. The van der Waals surface area contributed by atoms with Gasteiger partial charge in [0.2, 0.25) is 5.91 Å². The molecule has 1 heterocycles. The molecule has 0 saturated carbocycles. The molecule has 0 radical (unpaired) electrons. The number of nitrogens with one attached hydrogen (secondary N) is 1. The van der Waals surface area contributed by atoms with E-state index in [-0.39, 0.29) is 23.5 Å². The summed E-state index contributed by atoms with van der Waals surface area (Å²) in [7, 11) is 0. The van der Waals surface area contributed by atoms with Gasteiger partial charge in [-0.1, -0.05) is 6.92 Å². The molecule has 0 aromatic rings. The Hall–Kier alpha value is -1.26. The number of amides is 2. The van der Waals surface area contributed by atoms with Gasteiger partial charge in [0.05, 0.1) is 0 Å². The van der Waals surface area contributed by atoms with Crippen molar-refractivity contribution in [3.63, 3.8) is 0 Å². The fraction of sp³-hybridized carbons (Fsp3) is 0.867. The SMILES string of the molecule is CC(C)NC(=O)C1(C)CCN(C(=O)OC(C)(C)C)CC1. The second-order valence-electron chi connectivity index (χ2n) is 7.16. The number of nitrogens with zero attached hydrogens (tertiary/aromatic N) is 1. The Kier molecular flexibility index (Phi) is 5.05. The van der Waals surface area contributed by atoms with Crippen LogP contribution in [0.15, 0.2) is 0 Å². The van der Waals surface area contributed by atoms with E-state index in [0.717, 1.165) is 0 Å². The van der Waals surface area contributed by atoms with Crippen molar-refractivity contribution >= 4 is 12.0 Å². The van der Waals surface area contributed by atoms with Crippen molar-refractivity contribution in [1.82, 2.24) is 10.2 Å². The molecule has 1 fully saturated rings. The van der Waals surface area contributed by atoms with Crippen molar-refractivity contribution < 1.29 is 14.3 Å². The average Bonchev–Trinajstić information content (AvgIpc) is 2.26.